The zero-order chi connectivity index (χ0) is 18.4. The SMILES string of the molecule is Cc1ccc(CN(Cc2ccc(F)cc2)C[C@H](O)Cc2ccccc2)s1. The van der Waals surface area contributed by atoms with E-state index in [0.717, 1.165) is 17.7 Å². The highest BCUT2D eigenvalue weighted by molar-refractivity contribution is 7.11. The fraction of sp³-hybridized carbons (Fsp3) is 0.273. The summed E-state index contributed by atoms with van der Waals surface area (Å²) in [5.74, 6) is -0.224. The van der Waals surface area contributed by atoms with Crippen molar-refractivity contribution in [3.8, 4) is 0 Å². The summed E-state index contributed by atoms with van der Waals surface area (Å²) in [6, 6.07) is 20.9. The van der Waals surface area contributed by atoms with Crippen molar-refractivity contribution >= 4 is 11.3 Å². The predicted octanol–water partition coefficient (Wildman–Crippen LogP) is 4.80. The van der Waals surface area contributed by atoms with Crippen molar-refractivity contribution in [2.24, 2.45) is 0 Å². The van der Waals surface area contributed by atoms with Gasteiger partial charge in [-0.25, -0.2) is 4.39 Å². The Morgan fingerprint density at radius 1 is 0.923 bits per heavy atom. The van der Waals surface area contributed by atoms with Crippen molar-refractivity contribution in [3.05, 3.63) is 93.4 Å². The first-order chi connectivity index (χ1) is 12.6. The summed E-state index contributed by atoms with van der Waals surface area (Å²) in [5, 5.41) is 10.6. The van der Waals surface area contributed by atoms with Gasteiger partial charge in [-0.1, -0.05) is 42.5 Å². The number of aryl methyl sites for hydroxylation is 1. The molecule has 0 saturated heterocycles. The van der Waals surface area contributed by atoms with Crippen LogP contribution in [0, 0.1) is 12.7 Å². The van der Waals surface area contributed by atoms with Crippen LogP contribution in [0.5, 0.6) is 0 Å². The first kappa shape index (κ1) is 18.8. The van der Waals surface area contributed by atoms with Crippen LogP contribution in [0.25, 0.3) is 0 Å². The van der Waals surface area contributed by atoms with Crippen LogP contribution in [0.4, 0.5) is 4.39 Å². The Kier molecular flexibility index (Phi) is 6.56. The number of rotatable bonds is 8. The Balaban J connectivity index is 1.67. The average molecular weight is 370 g/mol. The van der Waals surface area contributed by atoms with E-state index in [0.29, 0.717) is 19.5 Å². The summed E-state index contributed by atoms with van der Waals surface area (Å²) in [4.78, 5) is 4.79. The Bertz CT molecular complexity index is 801. The van der Waals surface area contributed by atoms with E-state index in [-0.39, 0.29) is 5.82 Å². The number of aliphatic hydroxyl groups excluding tert-OH is 1. The maximum atomic E-state index is 13.2. The fourth-order valence-corrected chi connectivity index (χ4v) is 4.01. The van der Waals surface area contributed by atoms with Crippen LogP contribution in [0.2, 0.25) is 0 Å². The van der Waals surface area contributed by atoms with Crippen LogP contribution < -0.4 is 0 Å². The number of hydrogen-bond acceptors (Lipinski definition) is 3. The van der Waals surface area contributed by atoms with E-state index in [1.807, 2.05) is 42.5 Å². The monoisotopic (exact) mass is 369 g/mol. The molecule has 0 radical (unpaired) electrons. The lowest BCUT2D eigenvalue weighted by atomic mass is 10.1. The molecular weight excluding hydrogens is 345 g/mol. The molecule has 0 aliphatic heterocycles. The minimum absolute atomic E-state index is 0.224. The number of benzene rings is 2. The Hall–Kier alpha value is -2.01. The van der Waals surface area contributed by atoms with Gasteiger partial charge in [0, 0.05) is 29.4 Å². The van der Waals surface area contributed by atoms with Gasteiger partial charge in [-0.2, -0.15) is 0 Å². The first-order valence-corrected chi connectivity index (χ1v) is 9.64. The van der Waals surface area contributed by atoms with Gasteiger partial charge in [0.25, 0.3) is 0 Å². The van der Waals surface area contributed by atoms with Crippen LogP contribution >= 0.6 is 11.3 Å². The number of thiophene rings is 1. The van der Waals surface area contributed by atoms with Gasteiger partial charge in [0.15, 0.2) is 0 Å². The van der Waals surface area contributed by atoms with E-state index >= 15 is 0 Å². The Morgan fingerprint density at radius 2 is 1.65 bits per heavy atom. The summed E-state index contributed by atoms with van der Waals surface area (Å²) >= 11 is 1.78. The average Bonchev–Trinajstić information content (AvgIpc) is 3.02. The molecule has 0 fully saturated rings. The van der Waals surface area contributed by atoms with Gasteiger partial charge in [0.2, 0.25) is 0 Å². The number of nitrogens with zero attached hydrogens (tertiary/aromatic N) is 1. The molecule has 2 aromatic carbocycles. The van der Waals surface area contributed by atoms with Crippen LogP contribution in [-0.2, 0) is 19.5 Å². The molecule has 136 valence electrons. The molecule has 2 nitrogen and oxygen atoms in total. The molecule has 0 unspecified atom stereocenters. The quantitative estimate of drug-likeness (QED) is 0.616. The fourth-order valence-electron chi connectivity index (χ4n) is 3.07. The maximum absolute atomic E-state index is 13.2. The van der Waals surface area contributed by atoms with Crippen LogP contribution in [-0.4, -0.2) is 22.7 Å². The zero-order valence-corrected chi connectivity index (χ0v) is 15.8. The van der Waals surface area contributed by atoms with E-state index in [1.165, 1.54) is 21.9 Å². The van der Waals surface area contributed by atoms with E-state index in [2.05, 4.69) is 24.0 Å². The number of hydrogen-bond donors (Lipinski definition) is 1. The van der Waals surface area contributed by atoms with Gasteiger partial charge in [0.1, 0.15) is 5.82 Å². The van der Waals surface area contributed by atoms with Crippen molar-refractivity contribution < 1.29 is 9.50 Å². The van der Waals surface area contributed by atoms with E-state index in [4.69, 9.17) is 0 Å². The van der Waals surface area contributed by atoms with Gasteiger partial charge in [0.05, 0.1) is 6.10 Å². The second-order valence-electron chi connectivity index (χ2n) is 6.65. The van der Waals surface area contributed by atoms with Gasteiger partial charge >= 0.3 is 0 Å². The highest BCUT2D eigenvalue weighted by Gasteiger charge is 2.14. The van der Waals surface area contributed by atoms with Crippen molar-refractivity contribution in [1.29, 1.82) is 0 Å². The smallest absolute Gasteiger partial charge is 0.123 e. The number of aliphatic hydroxyl groups is 1. The third-order valence-electron chi connectivity index (χ3n) is 4.28. The van der Waals surface area contributed by atoms with Crippen LogP contribution in [0.3, 0.4) is 0 Å². The molecule has 1 atom stereocenters. The molecule has 0 spiro atoms. The molecule has 1 N–H and O–H groups in total. The minimum Gasteiger partial charge on any atom is -0.391 e. The van der Waals surface area contributed by atoms with E-state index < -0.39 is 6.10 Å². The molecule has 26 heavy (non-hydrogen) atoms. The van der Waals surface area contributed by atoms with Gasteiger partial charge in [-0.3, -0.25) is 4.90 Å². The lowest BCUT2D eigenvalue weighted by Crippen LogP contribution is -2.32. The molecule has 1 heterocycles. The van der Waals surface area contributed by atoms with Crippen LogP contribution in [0.1, 0.15) is 20.9 Å². The second-order valence-corrected chi connectivity index (χ2v) is 8.02. The lowest BCUT2D eigenvalue weighted by molar-refractivity contribution is 0.105. The topological polar surface area (TPSA) is 23.5 Å². The van der Waals surface area contributed by atoms with Gasteiger partial charge in [-0.05, 0) is 48.7 Å². The maximum Gasteiger partial charge on any atom is 0.123 e. The molecule has 0 amide bonds. The van der Waals surface area contributed by atoms with Crippen LogP contribution in [0.15, 0.2) is 66.7 Å². The summed E-state index contributed by atoms with van der Waals surface area (Å²) < 4.78 is 13.2. The minimum atomic E-state index is -0.445. The zero-order valence-electron chi connectivity index (χ0n) is 14.9. The molecule has 0 aliphatic carbocycles. The Labute approximate surface area is 158 Å². The van der Waals surface area contributed by atoms with Crippen molar-refractivity contribution in [1.82, 2.24) is 4.90 Å². The number of halogens is 1. The lowest BCUT2D eigenvalue weighted by Gasteiger charge is -2.25. The Morgan fingerprint density at radius 3 is 2.31 bits per heavy atom. The first-order valence-electron chi connectivity index (χ1n) is 8.82. The van der Waals surface area contributed by atoms with Crippen molar-refractivity contribution in [2.45, 2.75) is 32.5 Å². The third kappa shape index (κ3) is 5.77. The van der Waals surface area contributed by atoms with Crippen molar-refractivity contribution in [3.63, 3.8) is 0 Å². The molecule has 0 saturated carbocycles. The largest absolute Gasteiger partial charge is 0.391 e. The molecule has 0 aliphatic rings. The van der Waals surface area contributed by atoms with Gasteiger partial charge < -0.3 is 5.11 Å². The summed E-state index contributed by atoms with van der Waals surface area (Å²) in [6.07, 6.45) is 0.184. The summed E-state index contributed by atoms with van der Waals surface area (Å²) in [7, 11) is 0. The van der Waals surface area contributed by atoms with E-state index in [1.54, 1.807) is 11.3 Å². The molecule has 4 heteroatoms. The normalized spacial score (nSPS) is 12.5. The molecule has 3 aromatic rings. The predicted molar refractivity (Wildman–Crippen MR) is 106 cm³/mol. The highest BCUT2D eigenvalue weighted by atomic mass is 32.1. The molecular formula is C22H24FNOS. The third-order valence-corrected chi connectivity index (χ3v) is 5.26. The molecule has 1 aromatic heterocycles. The van der Waals surface area contributed by atoms with E-state index in [9.17, 15) is 9.50 Å². The summed E-state index contributed by atoms with van der Waals surface area (Å²) in [6.45, 7) is 4.14. The van der Waals surface area contributed by atoms with Gasteiger partial charge in [-0.15, -0.1) is 11.3 Å². The molecule has 0 bridgehead atoms. The summed E-state index contributed by atoms with van der Waals surface area (Å²) in [5.41, 5.74) is 2.18. The van der Waals surface area contributed by atoms with Crippen molar-refractivity contribution in [2.75, 3.05) is 6.54 Å². The highest BCUT2D eigenvalue weighted by Crippen LogP contribution is 2.19. The standard InChI is InChI=1S/C22H24FNOS/c1-17-7-12-22(26-17)16-24(14-19-8-10-20(23)11-9-19)15-21(25)13-18-5-3-2-4-6-18/h2-12,21,25H,13-16H2,1H3/t21-/m1/s1. The molecule has 3 rings (SSSR count). The second kappa shape index (κ2) is 9.08.